The van der Waals surface area contributed by atoms with Crippen LogP contribution < -0.4 is 5.32 Å². The van der Waals surface area contributed by atoms with Crippen LogP contribution >= 0.6 is 0 Å². The highest BCUT2D eigenvalue weighted by Gasteiger charge is 2.64. The van der Waals surface area contributed by atoms with Crippen LogP contribution in [0.1, 0.15) is 43.7 Å². The third kappa shape index (κ3) is 1.41. The summed E-state index contributed by atoms with van der Waals surface area (Å²) in [6, 6.07) is 3.15. The van der Waals surface area contributed by atoms with Gasteiger partial charge in [0, 0.05) is 12.1 Å². The fraction of sp³-hybridized carbons (Fsp3) is 0.786. The van der Waals surface area contributed by atoms with Crippen LogP contribution in [0.3, 0.4) is 0 Å². The van der Waals surface area contributed by atoms with Crippen molar-refractivity contribution in [2.75, 3.05) is 0 Å². The molecule has 3 aliphatic carbocycles. The second-order valence-corrected chi connectivity index (χ2v) is 6.26. The lowest BCUT2D eigenvalue weighted by molar-refractivity contribution is 0.373. The number of rotatable bonds is 3. The molecule has 92 valence electrons. The number of nitrogens with zero attached hydrogens (tertiary/aromatic N) is 1. The molecule has 1 aromatic rings. The summed E-state index contributed by atoms with van der Waals surface area (Å²) in [5.41, 5.74) is 1.06. The second-order valence-electron chi connectivity index (χ2n) is 6.26. The summed E-state index contributed by atoms with van der Waals surface area (Å²) in [5.74, 6) is 4.96. The van der Waals surface area contributed by atoms with E-state index in [2.05, 4.69) is 17.4 Å². The predicted octanol–water partition coefficient (Wildman–Crippen LogP) is 2.68. The molecule has 0 amide bonds. The molecule has 5 atom stereocenters. The normalized spacial score (nSPS) is 43.8. The van der Waals surface area contributed by atoms with Crippen LogP contribution in [0.4, 0.5) is 0 Å². The lowest BCUT2D eigenvalue weighted by atomic mass is 10.0. The van der Waals surface area contributed by atoms with Crippen molar-refractivity contribution in [2.24, 2.45) is 23.7 Å². The van der Waals surface area contributed by atoms with E-state index in [4.69, 9.17) is 4.52 Å². The Morgan fingerprint density at radius 1 is 1.35 bits per heavy atom. The Hall–Kier alpha value is -0.830. The van der Waals surface area contributed by atoms with Gasteiger partial charge < -0.3 is 9.84 Å². The van der Waals surface area contributed by atoms with Gasteiger partial charge in [-0.25, -0.2) is 0 Å². The van der Waals surface area contributed by atoms with E-state index in [1.54, 1.807) is 0 Å². The summed E-state index contributed by atoms with van der Waals surface area (Å²) in [6.07, 6.45) is 4.49. The molecular weight excluding hydrogens is 212 g/mol. The highest BCUT2D eigenvalue weighted by atomic mass is 16.5. The number of fused-ring (bicyclic) bond motifs is 5. The summed E-state index contributed by atoms with van der Waals surface area (Å²) >= 11 is 0. The van der Waals surface area contributed by atoms with Crippen molar-refractivity contribution < 1.29 is 4.52 Å². The summed E-state index contributed by atoms with van der Waals surface area (Å²) in [4.78, 5) is 0. The third-order valence-corrected chi connectivity index (χ3v) is 5.27. The van der Waals surface area contributed by atoms with Crippen LogP contribution in [0.15, 0.2) is 10.6 Å². The molecule has 0 radical (unpaired) electrons. The van der Waals surface area contributed by atoms with E-state index >= 15 is 0 Å². The van der Waals surface area contributed by atoms with Gasteiger partial charge in [0.25, 0.3) is 0 Å². The molecule has 0 aromatic carbocycles. The number of nitrogens with one attached hydrogen (secondary N) is 1. The van der Waals surface area contributed by atoms with E-state index < -0.39 is 0 Å². The van der Waals surface area contributed by atoms with Crippen molar-refractivity contribution in [3.05, 3.63) is 17.5 Å². The van der Waals surface area contributed by atoms with Gasteiger partial charge in [-0.1, -0.05) is 5.16 Å². The first-order valence-corrected chi connectivity index (χ1v) is 6.93. The van der Waals surface area contributed by atoms with Gasteiger partial charge in [0.1, 0.15) is 11.5 Å². The standard InChI is InChI=1S/C14H20N2O/c1-7-5-11(16-17-7)8(2)15-14-12-9-3-4-10(6-9)13(12)14/h5,8-10,12-15H,3-4,6H2,1-2H3. The monoisotopic (exact) mass is 232 g/mol. The van der Waals surface area contributed by atoms with E-state index in [1.807, 2.05) is 13.0 Å². The van der Waals surface area contributed by atoms with Gasteiger partial charge in [-0.15, -0.1) is 0 Å². The highest BCUT2D eigenvalue weighted by molar-refractivity contribution is 5.18. The molecule has 1 N–H and O–H groups in total. The number of hydrogen-bond donors (Lipinski definition) is 1. The molecule has 4 rings (SSSR count). The molecule has 2 bridgehead atoms. The van der Waals surface area contributed by atoms with Crippen LogP contribution in [0.2, 0.25) is 0 Å². The van der Waals surface area contributed by atoms with E-state index in [-0.39, 0.29) is 0 Å². The minimum Gasteiger partial charge on any atom is -0.361 e. The van der Waals surface area contributed by atoms with Crippen LogP contribution in [-0.4, -0.2) is 11.2 Å². The lowest BCUT2D eigenvalue weighted by Gasteiger charge is -2.14. The first-order valence-electron chi connectivity index (χ1n) is 6.93. The average Bonchev–Trinajstić information content (AvgIpc) is 2.77. The second kappa shape index (κ2) is 3.35. The number of aromatic nitrogens is 1. The molecule has 17 heavy (non-hydrogen) atoms. The van der Waals surface area contributed by atoms with Gasteiger partial charge in [0.15, 0.2) is 0 Å². The maximum atomic E-state index is 5.15. The van der Waals surface area contributed by atoms with E-state index in [0.29, 0.717) is 6.04 Å². The van der Waals surface area contributed by atoms with Crippen molar-refractivity contribution in [3.63, 3.8) is 0 Å². The molecule has 0 saturated heterocycles. The largest absolute Gasteiger partial charge is 0.361 e. The SMILES string of the molecule is Cc1cc(C(C)NC2C3C4CCC(C4)C23)no1. The summed E-state index contributed by atoms with van der Waals surface area (Å²) in [7, 11) is 0. The Labute approximate surface area is 102 Å². The van der Waals surface area contributed by atoms with Crippen LogP contribution in [0.25, 0.3) is 0 Å². The first-order chi connectivity index (χ1) is 8.24. The van der Waals surface area contributed by atoms with E-state index in [1.165, 1.54) is 19.3 Å². The molecule has 3 nitrogen and oxygen atoms in total. The Bertz CT molecular complexity index is 425. The predicted molar refractivity (Wildman–Crippen MR) is 64.4 cm³/mol. The number of hydrogen-bond acceptors (Lipinski definition) is 3. The Morgan fingerprint density at radius 2 is 2.06 bits per heavy atom. The van der Waals surface area contributed by atoms with Gasteiger partial charge in [-0.2, -0.15) is 0 Å². The van der Waals surface area contributed by atoms with Gasteiger partial charge in [0.05, 0.1) is 6.04 Å². The topological polar surface area (TPSA) is 38.1 Å². The Kier molecular flexibility index (Phi) is 1.99. The zero-order valence-electron chi connectivity index (χ0n) is 10.5. The van der Waals surface area contributed by atoms with Gasteiger partial charge in [-0.05, 0) is 56.8 Å². The molecule has 0 aliphatic heterocycles. The van der Waals surface area contributed by atoms with Crippen molar-refractivity contribution in [2.45, 2.75) is 45.2 Å². The van der Waals surface area contributed by atoms with E-state index in [0.717, 1.165) is 41.2 Å². The number of aryl methyl sites for hydroxylation is 1. The molecule has 5 unspecified atom stereocenters. The van der Waals surface area contributed by atoms with Crippen LogP contribution in [0.5, 0.6) is 0 Å². The molecule has 3 fully saturated rings. The minimum absolute atomic E-state index is 0.336. The summed E-state index contributed by atoms with van der Waals surface area (Å²) in [6.45, 7) is 4.16. The quantitative estimate of drug-likeness (QED) is 0.870. The third-order valence-electron chi connectivity index (χ3n) is 5.27. The van der Waals surface area contributed by atoms with Gasteiger partial charge in [-0.3, -0.25) is 0 Å². The molecule has 3 heteroatoms. The lowest BCUT2D eigenvalue weighted by Crippen LogP contribution is -2.26. The zero-order chi connectivity index (χ0) is 11.6. The minimum atomic E-state index is 0.336. The highest BCUT2D eigenvalue weighted by Crippen LogP contribution is 2.65. The molecule has 3 aliphatic rings. The van der Waals surface area contributed by atoms with Crippen LogP contribution in [-0.2, 0) is 0 Å². The van der Waals surface area contributed by atoms with Crippen molar-refractivity contribution in [1.29, 1.82) is 0 Å². The summed E-state index contributed by atoms with van der Waals surface area (Å²) in [5, 5.41) is 7.87. The van der Waals surface area contributed by atoms with Crippen molar-refractivity contribution in [3.8, 4) is 0 Å². The van der Waals surface area contributed by atoms with Gasteiger partial charge >= 0.3 is 0 Å². The molecule has 1 aromatic heterocycles. The van der Waals surface area contributed by atoms with E-state index in [9.17, 15) is 0 Å². The molecular formula is C14H20N2O. The fourth-order valence-corrected chi connectivity index (χ4v) is 4.51. The average molecular weight is 232 g/mol. The summed E-state index contributed by atoms with van der Waals surface area (Å²) < 4.78 is 5.15. The molecule has 1 heterocycles. The fourth-order valence-electron chi connectivity index (χ4n) is 4.51. The van der Waals surface area contributed by atoms with Crippen molar-refractivity contribution >= 4 is 0 Å². The van der Waals surface area contributed by atoms with Gasteiger partial charge in [0.2, 0.25) is 0 Å². The zero-order valence-corrected chi connectivity index (χ0v) is 10.5. The molecule has 3 saturated carbocycles. The maximum absolute atomic E-state index is 5.15. The Balaban J connectivity index is 1.43. The molecule has 0 spiro atoms. The first kappa shape index (κ1) is 10.1. The van der Waals surface area contributed by atoms with Crippen LogP contribution in [0, 0.1) is 30.6 Å². The maximum Gasteiger partial charge on any atom is 0.133 e. The Morgan fingerprint density at radius 3 is 2.65 bits per heavy atom. The smallest absolute Gasteiger partial charge is 0.133 e. The van der Waals surface area contributed by atoms with Crippen molar-refractivity contribution in [1.82, 2.24) is 10.5 Å².